The van der Waals surface area contributed by atoms with Crippen LogP contribution in [0.1, 0.15) is 5.56 Å². The quantitative estimate of drug-likeness (QED) is 0.430. The number of carbonyl (C=O) groups is 2. The predicted octanol–water partition coefficient (Wildman–Crippen LogP) is 3.15. The number of nitro groups is 1. The van der Waals surface area contributed by atoms with Crippen LogP contribution in [0.5, 0.6) is 0 Å². The number of para-hydroxylation sites is 2. The summed E-state index contributed by atoms with van der Waals surface area (Å²) in [7, 11) is 0. The van der Waals surface area contributed by atoms with Gasteiger partial charge in [0.05, 0.1) is 10.7 Å². The zero-order valence-electron chi connectivity index (χ0n) is 13.5. The van der Waals surface area contributed by atoms with Crippen LogP contribution in [-0.4, -0.2) is 29.2 Å². The Morgan fingerprint density at radius 2 is 1.85 bits per heavy atom. The highest BCUT2D eigenvalue weighted by atomic mass is 32.2. The number of hydrogen-bond donors (Lipinski definition) is 1. The summed E-state index contributed by atoms with van der Waals surface area (Å²) in [6.07, 6.45) is 0. The predicted molar refractivity (Wildman–Crippen MR) is 95.2 cm³/mol. The summed E-state index contributed by atoms with van der Waals surface area (Å²) in [6, 6.07) is 11.6. The van der Waals surface area contributed by atoms with Crippen LogP contribution in [0.3, 0.4) is 0 Å². The lowest BCUT2D eigenvalue weighted by Gasteiger charge is -2.07. The lowest BCUT2D eigenvalue weighted by atomic mass is 10.2. The van der Waals surface area contributed by atoms with Gasteiger partial charge in [0.1, 0.15) is 11.5 Å². The first-order valence-corrected chi connectivity index (χ1v) is 8.62. The van der Waals surface area contributed by atoms with Crippen LogP contribution in [-0.2, 0) is 20.1 Å². The maximum Gasteiger partial charge on any atom is 0.316 e. The third-order valence-corrected chi connectivity index (χ3v) is 4.12. The van der Waals surface area contributed by atoms with Gasteiger partial charge < -0.3 is 10.1 Å². The molecule has 26 heavy (non-hydrogen) atoms. The van der Waals surface area contributed by atoms with Crippen molar-refractivity contribution in [3.8, 4) is 0 Å². The molecule has 0 aliphatic carbocycles. The highest BCUT2D eigenvalue weighted by Gasteiger charge is 2.15. The average molecular weight is 378 g/mol. The second-order valence-electron chi connectivity index (χ2n) is 5.10. The SMILES string of the molecule is O=C(COC(=O)CSCc1ccc(F)cc1)Nc1ccccc1[N+](=O)[O-]. The van der Waals surface area contributed by atoms with E-state index >= 15 is 0 Å². The molecule has 2 rings (SSSR count). The minimum Gasteiger partial charge on any atom is -0.455 e. The van der Waals surface area contributed by atoms with E-state index in [2.05, 4.69) is 5.32 Å². The number of nitrogens with one attached hydrogen (secondary N) is 1. The van der Waals surface area contributed by atoms with Gasteiger partial charge in [-0.25, -0.2) is 4.39 Å². The first kappa shape index (κ1) is 19.4. The standard InChI is InChI=1S/C17H15FN2O5S/c18-13-7-5-12(6-8-13)10-26-11-17(22)25-9-16(21)19-14-3-1-2-4-15(14)20(23)24/h1-8H,9-11H2,(H,19,21). The van der Waals surface area contributed by atoms with Gasteiger partial charge in [-0.15, -0.1) is 11.8 Å². The molecule has 0 saturated heterocycles. The van der Waals surface area contributed by atoms with Crippen molar-refractivity contribution < 1.29 is 23.6 Å². The molecule has 0 aromatic heterocycles. The summed E-state index contributed by atoms with van der Waals surface area (Å²) in [5.41, 5.74) is 0.643. The third-order valence-electron chi connectivity index (χ3n) is 3.14. The Labute approximate surface area is 152 Å². The molecule has 136 valence electrons. The van der Waals surface area contributed by atoms with Crippen molar-refractivity contribution in [1.29, 1.82) is 0 Å². The van der Waals surface area contributed by atoms with Crippen molar-refractivity contribution in [3.05, 3.63) is 70.0 Å². The Kier molecular flexibility index (Phi) is 7.10. The molecule has 2 aromatic carbocycles. The lowest BCUT2D eigenvalue weighted by molar-refractivity contribution is -0.383. The molecule has 0 aliphatic rings. The molecule has 2 aromatic rings. The van der Waals surface area contributed by atoms with Gasteiger partial charge >= 0.3 is 5.97 Å². The molecule has 0 unspecified atom stereocenters. The van der Waals surface area contributed by atoms with Gasteiger partial charge in [0, 0.05) is 11.8 Å². The van der Waals surface area contributed by atoms with Gasteiger partial charge in [0.15, 0.2) is 6.61 Å². The van der Waals surface area contributed by atoms with Crippen LogP contribution in [0.4, 0.5) is 15.8 Å². The Morgan fingerprint density at radius 1 is 1.15 bits per heavy atom. The van der Waals surface area contributed by atoms with Gasteiger partial charge in [-0.05, 0) is 23.8 Å². The van der Waals surface area contributed by atoms with Crippen LogP contribution in [0.2, 0.25) is 0 Å². The number of benzene rings is 2. The van der Waals surface area contributed by atoms with Crippen molar-refractivity contribution in [2.24, 2.45) is 0 Å². The number of amides is 1. The van der Waals surface area contributed by atoms with E-state index in [0.29, 0.717) is 5.75 Å². The number of nitrogens with zero attached hydrogens (tertiary/aromatic N) is 1. The third kappa shape index (κ3) is 6.17. The summed E-state index contributed by atoms with van der Waals surface area (Å²) in [5, 5.41) is 13.2. The monoisotopic (exact) mass is 378 g/mol. The van der Waals surface area contributed by atoms with E-state index in [-0.39, 0.29) is 22.9 Å². The molecule has 0 saturated carbocycles. The van der Waals surface area contributed by atoms with Gasteiger partial charge in [0.2, 0.25) is 0 Å². The molecule has 1 N–H and O–H groups in total. The van der Waals surface area contributed by atoms with Gasteiger partial charge in [-0.1, -0.05) is 24.3 Å². The van der Waals surface area contributed by atoms with E-state index in [1.807, 2.05) is 0 Å². The topological polar surface area (TPSA) is 98.5 Å². The summed E-state index contributed by atoms with van der Waals surface area (Å²) < 4.78 is 17.6. The maximum atomic E-state index is 12.8. The number of thioether (sulfide) groups is 1. The molecule has 0 atom stereocenters. The number of anilines is 1. The Morgan fingerprint density at radius 3 is 2.54 bits per heavy atom. The molecule has 9 heteroatoms. The second kappa shape index (κ2) is 9.52. The number of hydrogen-bond acceptors (Lipinski definition) is 6. The van der Waals surface area contributed by atoms with Crippen LogP contribution < -0.4 is 5.32 Å². The van der Waals surface area contributed by atoms with Crippen molar-refractivity contribution >= 4 is 35.0 Å². The number of halogens is 1. The van der Waals surface area contributed by atoms with Gasteiger partial charge in [-0.2, -0.15) is 0 Å². The minimum absolute atomic E-state index is 0.0239. The molecule has 0 fully saturated rings. The highest BCUT2D eigenvalue weighted by Crippen LogP contribution is 2.22. The number of nitro benzene ring substituents is 1. The Balaban J connectivity index is 1.72. The smallest absolute Gasteiger partial charge is 0.316 e. The van der Waals surface area contributed by atoms with Gasteiger partial charge in [-0.3, -0.25) is 19.7 Å². The molecule has 0 spiro atoms. The average Bonchev–Trinajstić information content (AvgIpc) is 2.62. The number of esters is 1. The van der Waals surface area contributed by atoms with Crippen LogP contribution in [0.25, 0.3) is 0 Å². The number of carbonyl (C=O) groups excluding carboxylic acids is 2. The van der Waals surface area contributed by atoms with E-state index in [1.54, 1.807) is 18.2 Å². The van der Waals surface area contributed by atoms with Crippen LogP contribution in [0, 0.1) is 15.9 Å². The molecule has 7 nitrogen and oxygen atoms in total. The molecule has 1 amide bonds. The summed E-state index contributed by atoms with van der Waals surface area (Å²) >= 11 is 1.26. The fraction of sp³-hybridized carbons (Fsp3) is 0.176. The zero-order chi connectivity index (χ0) is 18.9. The maximum absolute atomic E-state index is 12.8. The molecule has 0 radical (unpaired) electrons. The molecule has 0 heterocycles. The van der Waals surface area contributed by atoms with E-state index in [0.717, 1.165) is 5.56 Å². The zero-order valence-corrected chi connectivity index (χ0v) is 14.3. The Hall–Kier alpha value is -2.94. The summed E-state index contributed by atoms with van der Waals surface area (Å²) in [6.45, 7) is -0.540. The minimum atomic E-state index is -0.670. The largest absolute Gasteiger partial charge is 0.455 e. The van der Waals surface area contributed by atoms with Gasteiger partial charge in [0.25, 0.3) is 11.6 Å². The van der Waals surface area contributed by atoms with Crippen molar-refractivity contribution in [2.75, 3.05) is 17.7 Å². The lowest BCUT2D eigenvalue weighted by Crippen LogP contribution is -2.22. The van der Waals surface area contributed by atoms with Crippen molar-refractivity contribution in [2.45, 2.75) is 5.75 Å². The second-order valence-corrected chi connectivity index (χ2v) is 6.09. The van der Waals surface area contributed by atoms with E-state index in [4.69, 9.17) is 4.74 Å². The molecule has 0 bridgehead atoms. The molecule has 0 aliphatic heterocycles. The fourth-order valence-electron chi connectivity index (χ4n) is 1.95. The fourth-order valence-corrected chi connectivity index (χ4v) is 2.73. The molecular weight excluding hydrogens is 363 g/mol. The first-order valence-electron chi connectivity index (χ1n) is 7.47. The van der Waals surface area contributed by atoms with Crippen molar-refractivity contribution in [3.63, 3.8) is 0 Å². The summed E-state index contributed by atoms with van der Waals surface area (Å²) in [4.78, 5) is 33.6. The summed E-state index contributed by atoms with van der Waals surface area (Å²) in [5.74, 6) is -1.07. The highest BCUT2D eigenvalue weighted by molar-refractivity contribution is 7.99. The van der Waals surface area contributed by atoms with Crippen molar-refractivity contribution in [1.82, 2.24) is 0 Å². The van der Waals surface area contributed by atoms with E-state index in [9.17, 15) is 24.1 Å². The Bertz CT molecular complexity index is 798. The normalized spacial score (nSPS) is 10.2. The number of ether oxygens (including phenoxy) is 1. The number of rotatable bonds is 8. The van der Waals surface area contributed by atoms with E-state index in [1.165, 1.54) is 42.1 Å². The first-order chi connectivity index (χ1) is 12.5. The van der Waals surface area contributed by atoms with Crippen LogP contribution >= 0.6 is 11.8 Å². The van der Waals surface area contributed by atoms with E-state index < -0.39 is 23.4 Å². The van der Waals surface area contributed by atoms with Crippen LogP contribution in [0.15, 0.2) is 48.5 Å². The molecular formula is C17H15FN2O5S.